The molecule has 1 aliphatic heterocycles. The lowest BCUT2D eigenvalue weighted by Gasteiger charge is -2.37. The van der Waals surface area contributed by atoms with Crippen molar-refractivity contribution in [3.05, 3.63) is 59.5 Å². The highest BCUT2D eigenvalue weighted by Gasteiger charge is 2.28. The molecule has 8 heteroatoms. The average molecular weight is 451 g/mol. The maximum atomic E-state index is 12.9. The summed E-state index contributed by atoms with van der Waals surface area (Å²) in [5.41, 5.74) is 2.98. The molecule has 0 N–H and O–H groups in total. The minimum atomic E-state index is -0.0179. The molecule has 174 valence electrons. The Kier molecular flexibility index (Phi) is 6.93. The van der Waals surface area contributed by atoms with Crippen LogP contribution in [0.5, 0.6) is 11.5 Å². The summed E-state index contributed by atoms with van der Waals surface area (Å²) < 4.78 is 16.2. The summed E-state index contributed by atoms with van der Waals surface area (Å²) in [6.07, 6.45) is 0.298. The van der Waals surface area contributed by atoms with Gasteiger partial charge in [0.25, 0.3) is 0 Å². The van der Waals surface area contributed by atoms with E-state index in [1.165, 1.54) is 5.56 Å². The first-order valence-electron chi connectivity index (χ1n) is 11.1. The third-order valence-corrected chi connectivity index (χ3v) is 6.16. The number of amides is 1. The number of aromatic nitrogens is 2. The number of nitrogens with zero attached hydrogens (tertiary/aromatic N) is 4. The molecule has 8 nitrogen and oxygen atoms in total. The Morgan fingerprint density at radius 1 is 1.06 bits per heavy atom. The first kappa shape index (κ1) is 22.8. The van der Waals surface area contributed by atoms with Crippen molar-refractivity contribution in [3.63, 3.8) is 0 Å². The number of ether oxygens (including phenoxy) is 2. The summed E-state index contributed by atoms with van der Waals surface area (Å²) in [4.78, 5) is 21.7. The predicted molar refractivity (Wildman–Crippen MR) is 124 cm³/mol. The molecule has 1 aliphatic rings. The van der Waals surface area contributed by atoms with Gasteiger partial charge in [-0.1, -0.05) is 41.1 Å². The van der Waals surface area contributed by atoms with Gasteiger partial charge >= 0.3 is 0 Å². The van der Waals surface area contributed by atoms with Gasteiger partial charge in [0.05, 0.1) is 26.7 Å². The van der Waals surface area contributed by atoms with Crippen molar-refractivity contribution < 1.29 is 18.8 Å². The molecule has 2 aromatic carbocycles. The van der Waals surface area contributed by atoms with Crippen LogP contribution >= 0.6 is 0 Å². The number of carbonyl (C=O) groups is 1. The van der Waals surface area contributed by atoms with Gasteiger partial charge in [0.15, 0.2) is 0 Å². The Bertz CT molecular complexity index is 1090. The molecule has 4 rings (SSSR count). The maximum Gasteiger partial charge on any atom is 0.244 e. The van der Waals surface area contributed by atoms with E-state index in [0.29, 0.717) is 42.7 Å². The summed E-state index contributed by atoms with van der Waals surface area (Å²) in [5.74, 6) is 2.64. The van der Waals surface area contributed by atoms with Crippen molar-refractivity contribution in [2.24, 2.45) is 0 Å². The van der Waals surface area contributed by atoms with E-state index in [9.17, 15) is 4.79 Å². The topological polar surface area (TPSA) is 80.9 Å². The van der Waals surface area contributed by atoms with Crippen LogP contribution in [-0.2, 0) is 11.2 Å². The number of hydrogen-bond acceptors (Lipinski definition) is 7. The molecule has 1 atom stereocenters. The van der Waals surface area contributed by atoms with Crippen LogP contribution in [0.1, 0.15) is 30.0 Å². The minimum absolute atomic E-state index is 0.0179. The lowest BCUT2D eigenvalue weighted by molar-refractivity contribution is -0.132. The zero-order chi connectivity index (χ0) is 23.4. The second-order valence-corrected chi connectivity index (χ2v) is 8.27. The van der Waals surface area contributed by atoms with Crippen molar-refractivity contribution in [2.75, 3.05) is 40.4 Å². The van der Waals surface area contributed by atoms with Crippen molar-refractivity contribution in [2.45, 2.75) is 26.3 Å². The maximum absolute atomic E-state index is 12.9. The molecule has 0 bridgehead atoms. The van der Waals surface area contributed by atoms with E-state index in [4.69, 9.17) is 14.0 Å². The predicted octanol–water partition coefficient (Wildman–Crippen LogP) is 3.51. The van der Waals surface area contributed by atoms with Crippen LogP contribution in [0.25, 0.3) is 11.4 Å². The second kappa shape index (κ2) is 10.0. The molecule has 1 unspecified atom stereocenters. The number of carbonyl (C=O) groups excluding carboxylic acids is 1. The minimum Gasteiger partial charge on any atom is -0.497 e. The van der Waals surface area contributed by atoms with E-state index >= 15 is 0 Å². The van der Waals surface area contributed by atoms with Crippen LogP contribution in [-0.4, -0.2) is 66.2 Å². The van der Waals surface area contributed by atoms with Crippen molar-refractivity contribution in [1.29, 1.82) is 0 Å². The SMILES string of the molecule is COc1ccc(CC(=O)N2CCN(C(C)c3nc(-c4ccc(C)cc4)no3)CC2)c(OC)c1. The fraction of sp³-hybridized carbons (Fsp3) is 0.400. The van der Waals surface area contributed by atoms with E-state index in [1.807, 2.05) is 48.2 Å². The highest BCUT2D eigenvalue weighted by molar-refractivity contribution is 5.79. The Morgan fingerprint density at radius 2 is 1.79 bits per heavy atom. The van der Waals surface area contributed by atoms with Crippen LogP contribution in [0.15, 0.2) is 47.0 Å². The molecule has 0 aliphatic carbocycles. The molecule has 0 spiro atoms. The fourth-order valence-electron chi connectivity index (χ4n) is 4.01. The Morgan fingerprint density at radius 3 is 2.45 bits per heavy atom. The van der Waals surface area contributed by atoms with Gasteiger partial charge < -0.3 is 18.9 Å². The fourth-order valence-corrected chi connectivity index (χ4v) is 4.01. The molecule has 0 saturated carbocycles. The first-order chi connectivity index (χ1) is 16.0. The molecule has 1 aromatic heterocycles. The van der Waals surface area contributed by atoms with Crippen LogP contribution in [0.4, 0.5) is 0 Å². The van der Waals surface area contributed by atoms with Gasteiger partial charge in [-0.2, -0.15) is 4.98 Å². The molecule has 1 saturated heterocycles. The van der Waals surface area contributed by atoms with Crippen molar-refractivity contribution in [3.8, 4) is 22.9 Å². The average Bonchev–Trinajstić information content (AvgIpc) is 3.34. The van der Waals surface area contributed by atoms with E-state index in [1.54, 1.807) is 20.3 Å². The molecule has 0 radical (unpaired) electrons. The summed E-state index contributed by atoms with van der Waals surface area (Å²) in [7, 11) is 3.21. The van der Waals surface area contributed by atoms with Gasteiger partial charge in [0, 0.05) is 43.4 Å². The highest BCUT2D eigenvalue weighted by Crippen LogP contribution is 2.27. The number of piperazine rings is 1. The van der Waals surface area contributed by atoms with Crippen LogP contribution < -0.4 is 9.47 Å². The smallest absolute Gasteiger partial charge is 0.244 e. The van der Waals surface area contributed by atoms with Gasteiger partial charge in [-0.05, 0) is 19.9 Å². The Labute approximate surface area is 194 Å². The molecule has 2 heterocycles. The standard InChI is InChI=1S/C25H30N4O4/c1-17-5-7-19(8-6-17)24-26-25(33-27-24)18(2)28-11-13-29(14-12-28)23(30)15-20-9-10-21(31-3)16-22(20)32-4/h5-10,16,18H,11-15H2,1-4H3. The van der Waals surface area contributed by atoms with E-state index in [-0.39, 0.29) is 11.9 Å². The van der Waals surface area contributed by atoms with Gasteiger partial charge in [-0.15, -0.1) is 0 Å². The highest BCUT2D eigenvalue weighted by atomic mass is 16.5. The third-order valence-electron chi connectivity index (χ3n) is 6.16. The first-order valence-corrected chi connectivity index (χ1v) is 11.1. The lowest BCUT2D eigenvalue weighted by Crippen LogP contribution is -2.49. The summed E-state index contributed by atoms with van der Waals surface area (Å²) in [5, 5.41) is 4.15. The molecule has 1 fully saturated rings. The second-order valence-electron chi connectivity index (χ2n) is 8.27. The normalized spacial score (nSPS) is 15.3. The zero-order valence-electron chi connectivity index (χ0n) is 19.6. The monoisotopic (exact) mass is 450 g/mol. The Hall–Kier alpha value is -3.39. The molecule has 3 aromatic rings. The number of hydrogen-bond donors (Lipinski definition) is 0. The number of benzene rings is 2. The van der Waals surface area contributed by atoms with Crippen LogP contribution in [0.2, 0.25) is 0 Å². The van der Waals surface area contributed by atoms with Gasteiger partial charge in [-0.25, -0.2) is 0 Å². The van der Waals surface area contributed by atoms with Gasteiger partial charge in [0.1, 0.15) is 11.5 Å². The van der Waals surface area contributed by atoms with E-state index in [0.717, 1.165) is 24.2 Å². The van der Waals surface area contributed by atoms with Crippen molar-refractivity contribution in [1.82, 2.24) is 19.9 Å². The Balaban J connectivity index is 1.34. The summed E-state index contributed by atoms with van der Waals surface area (Å²) in [6.45, 7) is 6.91. The molecule has 1 amide bonds. The molecule has 33 heavy (non-hydrogen) atoms. The zero-order valence-corrected chi connectivity index (χ0v) is 19.6. The number of rotatable bonds is 7. The van der Waals surface area contributed by atoms with Crippen LogP contribution in [0.3, 0.4) is 0 Å². The summed E-state index contributed by atoms with van der Waals surface area (Å²) in [6, 6.07) is 13.6. The van der Waals surface area contributed by atoms with Crippen molar-refractivity contribution >= 4 is 5.91 Å². The number of methoxy groups -OCH3 is 2. The lowest BCUT2D eigenvalue weighted by atomic mass is 10.1. The number of aryl methyl sites for hydroxylation is 1. The van der Waals surface area contributed by atoms with E-state index in [2.05, 4.69) is 22.0 Å². The van der Waals surface area contributed by atoms with Gasteiger partial charge in [0.2, 0.25) is 17.6 Å². The quantitative estimate of drug-likeness (QED) is 0.545. The molecular formula is C25H30N4O4. The largest absolute Gasteiger partial charge is 0.497 e. The van der Waals surface area contributed by atoms with Crippen LogP contribution in [0, 0.1) is 6.92 Å². The third kappa shape index (κ3) is 5.17. The van der Waals surface area contributed by atoms with E-state index < -0.39 is 0 Å². The molecular weight excluding hydrogens is 420 g/mol. The summed E-state index contributed by atoms with van der Waals surface area (Å²) >= 11 is 0. The van der Waals surface area contributed by atoms with Gasteiger partial charge in [-0.3, -0.25) is 9.69 Å².